The second-order valence-electron chi connectivity index (χ2n) is 6.99. The minimum absolute atomic E-state index is 0.589. The Balaban J connectivity index is 1.71. The summed E-state index contributed by atoms with van der Waals surface area (Å²) < 4.78 is 3.88. The SMILES string of the molecule is Brc1ccc2c3c(n(C4Cc5ccccc5C4)c2c1)CCCC3. The molecule has 0 bridgehead atoms. The number of halogens is 1. The summed E-state index contributed by atoms with van der Waals surface area (Å²) in [6.45, 7) is 0. The van der Waals surface area contributed by atoms with Crippen molar-refractivity contribution < 1.29 is 0 Å². The molecule has 0 N–H and O–H groups in total. The molecule has 23 heavy (non-hydrogen) atoms. The van der Waals surface area contributed by atoms with E-state index in [0.717, 1.165) is 0 Å². The zero-order chi connectivity index (χ0) is 15.4. The monoisotopic (exact) mass is 365 g/mol. The highest BCUT2D eigenvalue weighted by molar-refractivity contribution is 9.10. The van der Waals surface area contributed by atoms with Crippen LogP contribution in [0.1, 0.15) is 41.3 Å². The van der Waals surface area contributed by atoms with E-state index >= 15 is 0 Å². The molecule has 1 heterocycles. The summed E-state index contributed by atoms with van der Waals surface area (Å²) >= 11 is 3.68. The van der Waals surface area contributed by atoms with E-state index in [1.54, 1.807) is 22.4 Å². The van der Waals surface area contributed by atoms with Gasteiger partial charge in [-0.25, -0.2) is 0 Å². The fourth-order valence-electron chi connectivity index (χ4n) is 4.69. The minimum atomic E-state index is 0.589. The number of aryl methyl sites for hydroxylation is 1. The fraction of sp³-hybridized carbons (Fsp3) is 0.333. The van der Waals surface area contributed by atoms with Gasteiger partial charge in [-0.05, 0) is 67.3 Å². The van der Waals surface area contributed by atoms with Crippen molar-refractivity contribution in [2.75, 3.05) is 0 Å². The number of hydrogen-bond donors (Lipinski definition) is 0. The first-order chi connectivity index (χ1) is 11.3. The summed E-state index contributed by atoms with van der Waals surface area (Å²) in [6, 6.07) is 16.4. The van der Waals surface area contributed by atoms with Crippen LogP contribution in [-0.4, -0.2) is 4.57 Å². The molecule has 1 aromatic heterocycles. The standard InChI is InChI=1S/C21H20BrN/c22-16-9-10-19-18-7-3-4-8-20(18)23(21(19)13-16)17-11-14-5-1-2-6-15(14)12-17/h1-2,5-6,9-10,13,17H,3-4,7-8,11-12H2. The first kappa shape index (κ1) is 13.9. The molecule has 5 rings (SSSR count). The van der Waals surface area contributed by atoms with Crippen molar-refractivity contribution in [2.24, 2.45) is 0 Å². The largest absolute Gasteiger partial charge is 0.341 e. The van der Waals surface area contributed by atoms with Gasteiger partial charge in [-0.1, -0.05) is 46.3 Å². The molecule has 0 spiro atoms. The van der Waals surface area contributed by atoms with E-state index in [2.05, 4.69) is 63.0 Å². The second kappa shape index (κ2) is 5.24. The number of rotatable bonds is 1. The number of nitrogens with zero attached hydrogens (tertiary/aromatic N) is 1. The molecule has 2 aliphatic rings. The third-order valence-corrected chi connectivity index (χ3v) is 6.16. The van der Waals surface area contributed by atoms with Gasteiger partial charge < -0.3 is 4.57 Å². The number of hydrogen-bond acceptors (Lipinski definition) is 0. The lowest BCUT2D eigenvalue weighted by Crippen LogP contribution is -2.14. The van der Waals surface area contributed by atoms with Crippen LogP contribution in [0.15, 0.2) is 46.9 Å². The van der Waals surface area contributed by atoms with Crippen molar-refractivity contribution in [1.82, 2.24) is 4.57 Å². The summed E-state index contributed by atoms with van der Waals surface area (Å²) in [5, 5.41) is 1.49. The molecule has 0 saturated heterocycles. The van der Waals surface area contributed by atoms with Crippen molar-refractivity contribution in [1.29, 1.82) is 0 Å². The molecular weight excluding hydrogens is 346 g/mol. The van der Waals surface area contributed by atoms with Crippen molar-refractivity contribution in [2.45, 2.75) is 44.6 Å². The molecule has 1 nitrogen and oxygen atoms in total. The Morgan fingerprint density at radius 2 is 1.65 bits per heavy atom. The van der Waals surface area contributed by atoms with Gasteiger partial charge in [-0.15, -0.1) is 0 Å². The zero-order valence-electron chi connectivity index (χ0n) is 13.2. The Kier molecular flexibility index (Phi) is 3.16. The fourth-order valence-corrected chi connectivity index (χ4v) is 5.03. The third kappa shape index (κ3) is 2.11. The molecule has 0 amide bonds. The van der Waals surface area contributed by atoms with Crippen molar-refractivity contribution in [3.8, 4) is 0 Å². The van der Waals surface area contributed by atoms with Crippen LogP contribution in [0.4, 0.5) is 0 Å². The molecule has 3 aromatic rings. The molecule has 2 heteroatoms. The predicted molar refractivity (Wildman–Crippen MR) is 99.2 cm³/mol. The Hall–Kier alpha value is -1.54. The molecule has 0 fully saturated rings. The van der Waals surface area contributed by atoms with E-state index in [0.29, 0.717) is 6.04 Å². The van der Waals surface area contributed by atoms with Crippen LogP contribution in [-0.2, 0) is 25.7 Å². The van der Waals surface area contributed by atoms with Crippen molar-refractivity contribution in [3.63, 3.8) is 0 Å². The van der Waals surface area contributed by atoms with Crippen LogP contribution in [0.2, 0.25) is 0 Å². The molecule has 0 unspecified atom stereocenters. The van der Waals surface area contributed by atoms with Crippen LogP contribution in [0.5, 0.6) is 0 Å². The smallest absolute Gasteiger partial charge is 0.0499 e. The number of benzene rings is 2. The van der Waals surface area contributed by atoms with Crippen LogP contribution < -0.4 is 0 Å². The third-order valence-electron chi connectivity index (χ3n) is 5.67. The lowest BCUT2D eigenvalue weighted by molar-refractivity contribution is 0.510. The van der Waals surface area contributed by atoms with E-state index in [1.165, 1.54) is 53.9 Å². The van der Waals surface area contributed by atoms with Crippen LogP contribution >= 0.6 is 15.9 Å². The molecule has 0 atom stereocenters. The first-order valence-electron chi connectivity index (χ1n) is 8.69. The van der Waals surface area contributed by atoms with E-state index in [1.807, 2.05) is 0 Å². The van der Waals surface area contributed by atoms with E-state index < -0.39 is 0 Å². The topological polar surface area (TPSA) is 4.93 Å². The lowest BCUT2D eigenvalue weighted by atomic mass is 9.95. The molecule has 116 valence electrons. The highest BCUT2D eigenvalue weighted by Gasteiger charge is 2.28. The number of fused-ring (bicyclic) bond motifs is 4. The highest BCUT2D eigenvalue weighted by atomic mass is 79.9. The Morgan fingerprint density at radius 3 is 2.43 bits per heavy atom. The first-order valence-corrected chi connectivity index (χ1v) is 9.48. The summed E-state index contributed by atoms with van der Waals surface area (Å²) in [4.78, 5) is 0. The number of aromatic nitrogens is 1. The summed E-state index contributed by atoms with van der Waals surface area (Å²) in [5.74, 6) is 0. The van der Waals surface area contributed by atoms with E-state index in [-0.39, 0.29) is 0 Å². The van der Waals surface area contributed by atoms with Gasteiger partial charge in [-0.3, -0.25) is 0 Å². The highest BCUT2D eigenvalue weighted by Crippen LogP contribution is 2.40. The zero-order valence-corrected chi connectivity index (χ0v) is 14.8. The Morgan fingerprint density at radius 1 is 0.913 bits per heavy atom. The predicted octanol–water partition coefficient (Wildman–Crippen LogP) is 5.62. The lowest BCUT2D eigenvalue weighted by Gasteiger charge is -2.21. The van der Waals surface area contributed by atoms with Gasteiger partial charge in [0.05, 0.1) is 0 Å². The summed E-state index contributed by atoms with van der Waals surface area (Å²) in [5.41, 5.74) is 7.75. The summed E-state index contributed by atoms with van der Waals surface area (Å²) in [7, 11) is 0. The minimum Gasteiger partial charge on any atom is -0.341 e. The van der Waals surface area contributed by atoms with Crippen LogP contribution in [0.25, 0.3) is 10.9 Å². The van der Waals surface area contributed by atoms with Crippen LogP contribution in [0.3, 0.4) is 0 Å². The maximum Gasteiger partial charge on any atom is 0.0499 e. The quantitative estimate of drug-likeness (QED) is 0.527. The molecule has 0 radical (unpaired) electrons. The Labute approximate surface area is 145 Å². The van der Waals surface area contributed by atoms with Gasteiger partial charge in [0.15, 0.2) is 0 Å². The van der Waals surface area contributed by atoms with E-state index in [9.17, 15) is 0 Å². The van der Waals surface area contributed by atoms with Gasteiger partial charge in [0.1, 0.15) is 0 Å². The average Bonchev–Trinajstić information content (AvgIpc) is 3.12. The average molecular weight is 366 g/mol. The van der Waals surface area contributed by atoms with Gasteiger partial charge in [-0.2, -0.15) is 0 Å². The second-order valence-corrected chi connectivity index (χ2v) is 7.91. The molecule has 0 saturated carbocycles. The van der Waals surface area contributed by atoms with Crippen LogP contribution in [0, 0.1) is 0 Å². The molecule has 0 aliphatic heterocycles. The van der Waals surface area contributed by atoms with Gasteiger partial charge in [0.25, 0.3) is 0 Å². The molecular formula is C21H20BrN. The molecule has 2 aliphatic carbocycles. The summed E-state index contributed by atoms with van der Waals surface area (Å²) in [6.07, 6.45) is 7.53. The van der Waals surface area contributed by atoms with Gasteiger partial charge >= 0.3 is 0 Å². The normalized spacial score (nSPS) is 17.4. The van der Waals surface area contributed by atoms with Crippen molar-refractivity contribution in [3.05, 3.63) is 69.3 Å². The molecule has 2 aromatic carbocycles. The Bertz CT molecular complexity index is 881. The van der Waals surface area contributed by atoms with Crippen molar-refractivity contribution >= 4 is 26.8 Å². The van der Waals surface area contributed by atoms with E-state index in [4.69, 9.17) is 0 Å². The van der Waals surface area contributed by atoms with Gasteiger partial charge in [0, 0.05) is 27.1 Å². The maximum atomic E-state index is 3.68. The maximum absolute atomic E-state index is 3.68. The van der Waals surface area contributed by atoms with Gasteiger partial charge in [0.2, 0.25) is 0 Å².